The van der Waals surface area contributed by atoms with E-state index in [0.717, 1.165) is 12.8 Å². The average Bonchev–Trinajstić information content (AvgIpc) is 2.42. The Bertz CT molecular complexity index is 498. The molecule has 0 aliphatic heterocycles. The Kier molecular flexibility index (Phi) is 4.34. The van der Waals surface area contributed by atoms with Gasteiger partial charge in [-0.25, -0.2) is 0 Å². The fourth-order valence-electron chi connectivity index (χ4n) is 2.28. The standard InChI is InChI=1S/C14H20N2O4/c1-19-10-5-11(13(15)12(6-10)20-2)14(18)16-7-8-3-9(17)4-8/h5-6,8-9,17H,3-4,7,15H2,1-2H3,(H,16,18). The number of aliphatic hydroxyl groups is 1. The van der Waals surface area contributed by atoms with E-state index in [4.69, 9.17) is 15.2 Å². The van der Waals surface area contributed by atoms with Crippen molar-refractivity contribution in [1.29, 1.82) is 0 Å². The lowest BCUT2D eigenvalue weighted by molar-refractivity contribution is 0.0420. The molecule has 0 heterocycles. The summed E-state index contributed by atoms with van der Waals surface area (Å²) in [6.45, 7) is 0.537. The number of carbonyl (C=O) groups excluding carboxylic acids is 1. The van der Waals surface area contributed by atoms with E-state index >= 15 is 0 Å². The summed E-state index contributed by atoms with van der Waals surface area (Å²) < 4.78 is 10.3. The van der Waals surface area contributed by atoms with Crippen LogP contribution in [0.4, 0.5) is 5.69 Å². The van der Waals surface area contributed by atoms with E-state index in [2.05, 4.69) is 5.32 Å². The number of methoxy groups -OCH3 is 2. The topological polar surface area (TPSA) is 93.8 Å². The van der Waals surface area contributed by atoms with Crippen molar-refractivity contribution in [2.24, 2.45) is 5.92 Å². The molecule has 0 spiro atoms. The zero-order chi connectivity index (χ0) is 14.7. The molecule has 1 fully saturated rings. The smallest absolute Gasteiger partial charge is 0.253 e. The summed E-state index contributed by atoms with van der Waals surface area (Å²) in [4.78, 5) is 12.2. The van der Waals surface area contributed by atoms with Crippen molar-refractivity contribution in [2.75, 3.05) is 26.5 Å². The molecule has 6 heteroatoms. The molecule has 1 aliphatic rings. The van der Waals surface area contributed by atoms with Crippen LogP contribution in [-0.4, -0.2) is 37.9 Å². The number of aliphatic hydroxyl groups excluding tert-OH is 1. The maximum absolute atomic E-state index is 12.2. The number of ether oxygens (including phenoxy) is 2. The van der Waals surface area contributed by atoms with E-state index in [1.165, 1.54) is 14.2 Å². The Morgan fingerprint density at radius 1 is 1.40 bits per heavy atom. The van der Waals surface area contributed by atoms with Gasteiger partial charge in [0.1, 0.15) is 11.5 Å². The molecule has 4 N–H and O–H groups in total. The van der Waals surface area contributed by atoms with Crippen molar-refractivity contribution in [1.82, 2.24) is 5.32 Å². The third kappa shape index (κ3) is 2.96. The Labute approximate surface area is 117 Å². The van der Waals surface area contributed by atoms with Gasteiger partial charge in [-0.05, 0) is 24.8 Å². The van der Waals surface area contributed by atoms with Gasteiger partial charge in [-0.2, -0.15) is 0 Å². The average molecular weight is 280 g/mol. The Morgan fingerprint density at radius 3 is 2.65 bits per heavy atom. The Morgan fingerprint density at radius 2 is 2.10 bits per heavy atom. The Balaban J connectivity index is 2.08. The van der Waals surface area contributed by atoms with Gasteiger partial charge in [-0.1, -0.05) is 0 Å². The van der Waals surface area contributed by atoms with Crippen LogP contribution in [0.2, 0.25) is 0 Å². The minimum absolute atomic E-state index is 0.223. The first kappa shape index (κ1) is 14.5. The lowest BCUT2D eigenvalue weighted by Crippen LogP contribution is -2.38. The highest BCUT2D eigenvalue weighted by Crippen LogP contribution is 2.31. The largest absolute Gasteiger partial charge is 0.497 e. The number of nitrogen functional groups attached to an aromatic ring is 1. The molecule has 1 amide bonds. The van der Waals surface area contributed by atoms with E-state index in [1.807, 2.05) is 0 Å². The van der Waals surface area contributed by atoms with Crippen LogP contribution in [0.25, 0.3) is 0 Å². The molecule has 20 heavy (non-hydrogen) atoms. The quantitative estimate of drug-likeness (QED) is 0.693. The molecule has 0 atom stereocenters. The maximum atomic E-state index is 12.2. The molecule has 6 nitrogen and oxygen atoms in total. The van der Waals surface area contributed by atoms with Gasteiger partial charge in [0.05, 0.1) is 31.6 Å². The Hall–Kier alpha value is -1.95. The zero-order valence-corrected chi connectivity index (χ0v) is 11.7. The molecular weight excluding hydrogens is 260 g/mol. The number of benzene rings is 1. The summed E-state index contributed by atoms with van der Waals surface area (Å²) >= 11 is 0. The van der Waals surface area contributed by atoms with Gasteiger partial charge < -0.3 is 25.6 Å². The van der Waals surface area contributed by atoms with Crippen LogP contribution in [0, 0.1) is 5.92 Å². The third-order valence-corrected chi connectivity index (χ3v) is 3.58. The van der Waals surface area contributed by atoms with Crippen LogP contribution in [0.1, 0.15) is 23.2 Å². The summed E-state index contributed by atoms with van der Waals surface area (Å²) in [6, 6.07) is 3.22. The van der Waals surface area contributed by atoms with Crippen LogP contribution < -0.4 is 20.5 Å². The van der Waals surface area contributed by atoms with Gasteiger partial charge in [0.15, 0.2) is 0 Å². The van der Waals surface area contributed by atoms with Crippen LogP contribution in [0.3, 0.4) is 0 Å². The molecule has 1 aromatic rings. The molecule has 1 aromatic carbocycles. The number of nitrogens with two attached hydrogens (primary N) is 1. The molecule has 0 bridgehead atoms. The molecule has 0 aromatic heterocycles. The maximum Gasteiger partial charge on any atom is 0.253 e. The highest BCUT2D eigenvalue weighted by molar-refractivity contribution is 6.00. The highest BCUT2D eigenvalue weighted by Gasteiger charge is 2.27. The summed E-state index contributed by atoms with van der Waals surface area (Å²) in [5, 5.41) is 12.0. The van der Waals surface area contributed by atoms with E-state index in [9.17, 15) is 9.90 Å². The second kappa shape index (κ2) is 6.00. The first-order valence-corrected chi connectivity index (χ1v) is 6.53. The number of hydrogen-bond donors (Lipinski definition) is 3. The zero-order valence-electron chi connectivity index (χ0n) is 11.7. The van der Waals surface area contributed by atoms with Gasteiger partial charge in [-0.3, -0.25) is 4.79 Å². The highest BCUT2D eigenvalue weighted by atomic mass is 16.5. The van der Waals surface area contributed by atoms with Crippen LogP contribution in [-0.2, 0) is 0 Å². The van der Waals surface area contributed by atoms with Crippen molar-refractivity contribution >= 4 is 11.6 Å². The van der Waals surface area contributed by atoms with Gasteiger partial charge in [0, 0.05) is 12.6 Å². The first-order valence-electron chi connectivity index (χ1n) is 6.53. The second-order valence-corrected chi connectivity index (χ2v) is 4.99. The van der Waals surface area contributed by atoms with Crippen molar-refractivity contribution < 1.29 is 19.4 Å². The van der Waals surface area contributed by atoms with Gasteiger partial charge in [0.2, 0.25) is 0 Å². The van der Waals surface area contributed by atoms with E-state index in [1.54, 1.807) is 12.1 Å². The summed E-state index contributed by atoms with van der Waals surface area (Å²) in [5.74, 6) is 0.998. The fraction of sp³-hybridized carbons (Fsp3) is 0.500. The second-order valence-electron chi connectivity index (χ2n) is 4.99. The van der Waals surface area contributed by atoms with Crippen LogP contribution in [0.5, 0.6) is 11.5 Å². The number of rotatable bonds is 5. The van der Waals surface area contributed by atoms with E-state index in [0.29, 0.717) is 35.2 Å². The van der Waals surface area contributed by atoms with Crippen LogP contribution in [0.15, 0.2) is 12.1 Å². The van der Waals surface area contributed by atoms with Crippen molar-refractivity contribution in [2.45, 2.75) is 18.9 Å². The fourth-order valence-corrected chi connectivity index (χ4v) is 2.28. The third-order valence-electron chi connectivity index (χ3n) is 3.58. The molecule has 0 radical (unpaired) electrons. The van der Waals surface area contributed by atoms with Crippen molar-refractivity contribution in [3.05, 3.63) is 17.7 Å². The predicted octanol–water partition coefficient (Wildman–Crippen LogP) is 0.787. The molecule has 110 valence electrons. The van der Waals surface area contributed by atoms with E-state index < -0.39 is 0 Å². The molecule has 2 rings (SSSR count). The lowest BCUT2D eigenvalue weighted by Gasteiger charge is -2.31. The predicted molar refractivity (Wildman–Crippen MR) is 75.0 cm³/mol. The minimum Gasteiger partial charge on any atom is -0.497 e. The minimum atomic E-state index is -0.263. The van der Waals surface area contributed by atoms with Crippen molar-refractivity contribution in [3.63, 3.8) is 0 Å². The van der Waals surface area contributed by atoms with Gasteiger partial charge >= 0.3 is 0 Å². The molecule has 0 saturated heterocycles. The molecule has 1 aliphatic carbocycles. The molecule has 0 unspecified atom stereocenters. The normalized spacial score (nSPS) is 20.9. The number of hydrogen-bond acceptors (Lipinski definition) is 5. The number of amides is 1. The number of anilines is 1. The number of carbonyl (C=O) groups is 1. The SMILES string of the molecule is COc1cc(OC)c(N)c(C(=O)NCC2CC(O)C2)c1. The van der Waals surface area contributed by atoms with Gasteiger partial charge in [0.25, 0.3) is 5.91 Å². The lowest BCUT2D eigenvalue weighted by atomic mass is 9.82. The summed E-state index contributed by atoms with van der Waals surface area (Å²) in [5.41, 5.74) is 6.54. The van der Waals surface area contributed by atoms with Crippen molar-refractivity contribution in [3.8, 4) is 11.5 Å². The van der Waals surface area contributed by atoms with Crippen LogP contribution >= 0.6 is 0 Å². The monoisotopic (exact) mass is 280 g/mol. The summed E-state index contributed by atoms with van der Waals surface area (Å²) in [7, 11) is 3.00. The van der Waals surface area contributed by atoms with E-state index in [-0.39, 0.29) is 12.0 Å². The summed E-state index contributed by atoms with van der Waals surface area (Å²) in [6.07, 6.45) is 1.24. The molecular formula is C14H20N2O4. The number of nitrogens with one attached hydrogen (secondary N) is 1. The van der Waals surface area contributed by atoms with Gasteiger partial charge in [-0.15, -0.1) is 0 Å². The first-order chi connectivity index (χ1) is 9.55. The molecule has 1 saturated carbocycles.